The Labute approximate surface area is 99.1 Å². The average molecular weight is 247 g/mol. The second-order valence-electron chi connectivity index (χ2n) is 3.77. The normalized spacial score (nSPS) is 22.9. The van der Waals surface area contributed by atoms with Crippen LogP contribution in [-0.2, 0) is 14.3 Å². The fraction of sp³-hybridized carbons (Fsp3) is 0.800. The lowest BCUT2D eigenvalue weighted by Gasteiger charge is -2.33. The van der Waals surface area contributed by atoms with Crippen LogP contribution in [-0.4, -0.2) is 59.2 Å². The molecule has 0 saturated carbocycles. The van der Waals surface area contributed by atoms with E-state index in [0.717, 1.165) is 0 Å². The fourth-order valence-corrected chi connectivity index (χ4v) is 1.86. The Kier molecular flexibility index (Phi) is 5.08. The number of ether oxygens (including phenoxy) is 1. The average Bonchev–Trinajstić information content (AvgIpc) is 2.28. The summed E-state index contributed by atoms with van der Waals surface area (Å²) >= 11 is 1.60. The summed E-state index contributed by atoms with van der Waals surface area (Å²) in [5, 5.41) is 9.18. The first-order valence-electron chi connectivity index (χ1n) is 5.19. The second-order valence-corrected chi connectivity index (χ2v) is 5.04. The molecule has 1 heterocycles. The van der Waals surface area contributed by atoms with Gasteiger partial charge in [0.1, 0.15) is 0 Å². The van der Waals surface area contributed by atoms with Crippen LogP contribution in [0.15, 0.2) is 0 Å². The molecule has 1 aliphatic heterocycles. The summed E-state index contributed by atoms with van der Waals surface area (Å²) in [5.74, 6) is -1.09. The molecule has 92 valence electrons. The molecule has 0 aromatic heterocycles. The number of hydrogen-bond donors (Lipinski definition) is 1. The maximum atomic E-state index is 11.9. The minimum atomic E-state index is -0.996. The van der Waals surface area contributed by atoms with Gasteiger partial charge in [-0.15, -0.1) is 0 Å². The van der Waals surface area contributed by atoms with E-state index in [0.29, 0.717) is 19.6 Å². The van der Waals surface area contributed by atoms with Crippen molar-refractivity contribution in [3.05, 3.63) is 0 Å². The molecule has 2 atom stereocenters. The molecule has 0 spiro atoms. The van der Waals surface area contributed by atoms with E-state index in [4.69, 9.17) is 9.84 Å². The maximum absolute atomic E-state index is 11.9. The quantitative estimate of drug-likeness (QED) is 0.781. The highest BCUT2D eigenvalue weighted by Crippen LogP contribution is 2.15. The maximum Gasteiger partial charge on any atom is 0.328 e. The number of nitrogens with zero attached hydrogens (tertiary/aromatic N) is 1. The summed E-state index contributed by atoms with van der Waals surface area (Å²) in [6, 6.07) is -0.824. The Balaban J connectivity index is 2.60. The number of aliphatic carboxylic acids is 1. The largest absolute Gasteiger partial charge is 0.480 e. The Hall–Kier alpha value is -0.750. The van der Waals surface area contributed by atoms with Crippen LogP contribution in [0.5, 0.6) is 0 Å². The first-order valence-corrected chi connectivity index (χ1v) is 6.48. The zero-order valence-corrected chi connectivity index (χ0v) is 10.3. The molecule has 5 nitrogen and oxygen atoms in total. The molecule has 1 N–H and O–H groups in total. The molecule has 0 aliphatic carbocycles. The number of hydrogen-bond acceptors (Lipinski definition) is 4. The van der Waals surface area contributed by atoms with E-state index < -0.39 is 12.0 Å². The third-order valence-corrected chi connectivity index (χ3v) is 3.57. The van der Waals surface area contributed by atoms with E-state index in [1.165, 1.54) is 4.90 Å². The first kappa shape index (κ1) is 13.3. The summed E-state index contributed by atoms with van der Waals surface area (Å²) in [6.45, 7) is 2.84. The standard InChI is InChI=1S/C10H17NO4S/c1-7(16-2)5-9(12)11-3-4-15-6-8(11)10(13)14/h7-8H,3-6H2,1-2H3,(H,13,14). The van der Waals surface area contributed by atoms with Crippen LogP contribution in [0.3, 0.4) is 0 Å². The van der Waals surface area contributed by atoms with Crippen LogP contribution in [0.1, 0.15) is 13.3 Å². The zero-order valence-electron chi connectivity index (χ0n) is 9.51. The predicted octanol–water partition coefficient (Wildman–Crippen LogP) is 0.440. The van der Waals surface area contributed by atoms with Gasteiger partial charge in [-0.1, -0.05) is 6.92 Å². The van der Waals surface area contributed by atoms with Crippen molar-refractivity contribution in [2.24, 2.45) is 0 Å². The summed E-state index contributed by atoms with van der Waals surface area (Å²) in [4.78, 5) is 24.2. The fourth-order valence-electron chi connectivity index (χ4n) is 1.55. The molecule has 6 heteroatoms. The van der Waals surface area contributed by atoms with E-state index in [2.05, 4.69) is 0 Å². The molecule has 16 heavy (non-hydrogen) atoms. The van der Waals surface area contributed by atoms with Gasteiger partial charge in [-0.25, -0.2) is 4.79 Å². The third kappa shape index (κ3) is 3.38. The van der Waals surface area contributed by atoms with E-state index in [1.54, 1.807) is 11.8 Å². The minimum absolute atomic E-state index is 0.0920. The number of carbonyl (C=O) groups excluding carboxylic acids is 1. The highest BCUT2D eigenvalue weighted by Gasteiger charge is 2.32. The molecular weight excluding hydrogens is 230 g/mol. The summed E-state index contributed by atoms with van der Waals surface area (Å²) in [7, 11) is 0. The second kappa shape index (κ2) is 6.10. The van der Waals surface area contributed by atoms with Crippen molar-refractivity contribution in [1.82, 2.24) is 4.90 Å². The van der Waals surface area contributed by atoms with Crippen molar-refractivity contribution in [2.45, 2.75) is 24.6 Å². The van der Waals surface area contributed by atoms with E-state index in [1.807, 2.05) is 13.2 Å². The molecule has 1 fully saturated rings. The lowest BCUT2D eigenvalue weighted by Crippen LogP contribution is -2.52. The molecular formula is C10H17NO4S. The molecule has 2 unspecified atom stereocenters. The Morgan fingerprint density at radius 1 is 1.62 bits per heavy atom. The predicted molar refractivity (Wildman–Crippen MR) is 61.5 cm³/mol. The topological polar surface area (TPSA) is 66.8 Å². The smallest absolute Gasteiger partial charge is 0.328 e. The molecule has 1 saturated heterocycles. The van der Waals surface area contributed by atoms with E-state index >= 15 is 0 Å². The van der Waals surface area contributed by atoms with Gasteiger partial charge >= 0.3 is 5.97 Å². The zero-order chi connectivity index (χ0) is 12.1. The van der Waals surface area contributed by atoms with E-state index in [9.17, 15) is 9.59 Å². The van der Waals surface area contributed by atoms with Crippen molar-refractivity contribution in [1.29, 1.82) is 0 Å². The number of morpholine rings is 1. The molecule has 1 amide bonds. The van der Waals surface area contributed by atoms with Crippen LogP contribution in [0.2, 0.25) is 0 Å². The van der Waals surface area contributed by atoms with Crippen molar-refractivity contribution in [3.63, 3.8) is 0 Å². The lowest BCUT2D eigenvalue weighted by molar-refractivity contribution is -0.158. The van der Waals surface area contributed by atoms with Gasteiger partial charge in [0.25, 0.3) is 0 Å². The summed E-state index contributed by atoms with van der Waals surface area (Å²) in [5.41, 5.74) is 0. The van der Waals surface area contributed by atoms with Crippen LogP contribution in [0.4, 0.5) is 0 Å². The van der Waals surface area contributed by atoms with Crippen molar-refractivity contribution in [3.8, 4) is 0 Å². The van der Waals surface area contributed by atoms with Gasteiger partial charge in [-0.05, 0) is 6.26 Å². The lowest BCUT2D eigenvalue weighted by atomic mass is 10.2. The SMILES string of the molecule is CSC(C)CC(=O)N1CCOCC1C(=O)O. The van der Waals surface area contributed by atoms with Gasteiger partial charge < -0.3 is 14.7 Å². The number of rotatable bonds is 4. The molecule has 0 aromatic carbocycles. The highest BCUT2D eigenvalue weighted by molar-refractivity contribution is 7.99. The van der Waals surface area contributed by atoms with Crippen molar-refractivity contribution in [2.75, 3.05) is 26.0 Å². The van der Waals surface area contributed by atoms with Gasteiger partial charge in [0.05, 0.1) is 13.2 Å². The van der Waals surface area contributed by atoms with Crippen LogP contribution >= 0.6 is 11.8 Å². The Morgan fingerprint density at radius 3 is 2.88 bits per heavy atom. The number of amides is 1. The third-order valence-electron chi connectivity index (χ3n) is 2.60. The summed E-state index contributed by atoms with van der Waals surface area (Å²) in [6.07, 6.45) is 2.32. The Bertz CT molecular complexity index is 272. The molecule has 0 bridgehead atoms. The molecule has 1 rings (SSSR count). The van der Waals surface area contributed by atoms with Crippen LogP contribution in [0.25, 0.3) is 0 Å². The van der Waals surface area contributed by atoms with Gasteiger partial charge in [0.2, 0.25) is 5.91 Å². The van der Waals surface area contributed by atoms with Gasteiger partial charge in [0, 0.05) is 18.2 Å². The van der Waals surface area contributed by atoms with Gasteiger partial charge in [0.15, 0.2) is 6.04 Å². The number of thioether (sulfide) groups is 1. The number of carboxylic acid groups (broad SMARTS) is 1. The molecule has 0 aromatic rings. The van der Waals surface area contributed by atoms with Crippen LogP contribution in [0, 0.1) is 0 Å². The summed E-state index contributed by atoms with van der Waals surface area (Å²) < 4.78 is 5.08. The van der Waals surface area contributed by atoms with Crippen LogP contribution < -0.4 is 0 Å². The van der Waals surface area contributed by atoms with Gasteiger partial charge in [-0.3, -0.25) is 4.79 Å². The highest BCUT2D eigenvalue weighted by atomic mass is 32.2. The van der Waals surface area contributed by atoms with Crippen molar-refractivity contribution >= 4 is 23.6 Å². The number of carboxylic acids is 1. The van der Waals surface area contributed by atoms with E-state index in [-0.39, 0.29) is 17.8 Å². The van der Waals surface area contributed by atoms with Gasteiger partial charge in [-0.2, -0.15) is 11.8 Å². The minimum Gasteiger partial charge on any atom is -0.480 e. The molecule has 1 aliphatic rings. The van der Waals surface area contributed by atoms with Crippen molar-refractivity contribution < 1.29 is 19.4 Å². The number of carbonyl (C=O) groups is 2. The molecule has 0 radical (unpaired) electrons. The monoisotopic (exact) mass is 247 g/mol. The Morgan fingerprint density at radius 2 is 2.31 bits per heavy atom. The first-order chi connectivity index (χ1) is 7.56.